The zero-order valence-corrected chi connectivity index (χ0v) is 20.4. The largest absolute Gasteiger partial charge is 0.478 e. The Kier molecular flexibility index (Phi) is 9.13. The number of rotatable bonds is 8. The molecule has 0 aliphatic rings. The molecular weight excluding hydrogens is 499 g/mol. The van der Waals surface area contributed by atoms with Crippen molar-refractivity contribution >= 4 is 17.8 Å². The number of aliphatic carboxylic acids is 2. The van der Waals surface area contributed by atoms with Gasteiger partial charge in [-0.1, -0.05) is 17.3 Å². The van der Waals surface area contributed by atoms with E-state index < -0.39 is 11.9 Å². The molecular formula is C25H23FN6O6. The van der Waals surface area contributed by atoms with E-state index in [2.05, 4.69) is 20.2 Å². The summed E-state index contributed by atoms with van der Waals surface area (Å²) in [5.41, 5.74) is 3.50. The molecule has 2 N–H and O–H groups in total. The first-order chi connectivity index (χ1) is 18.1. The van der Waals surface area contributed by atoms with Gasteiger partial charge in [-0.2, -0.15) is 10.1 Å². The highest BCUT2D eigenvalue weighted by atomic mass is 19.1. The fourth-order valence-corrected chi connectivity index (χ4v) is 3.09. The monoisotopic (exact) mass is 522 g/mol. The smallest absolute Gasteiger partial charge is 0.328 e. The third-order valence-corrected chi connectivity index (χ3v) is 4.86. The molecule has 1 amide bonds. The number of hydrogen-bond acceptors (Lipinski definition) is 8. The maximum Gasteiger partial charge on any atom is 0.328 e. The van der Waals surface area contributed by atoms with Gasteiger partial charge in [0.1, 0.15) is 12.4 Å². The first-order valence-corrected chi connectivity index (χ1v) is 11.0. The highest BCUT2D eigenvalue weighted by molar-refractivity contribution is 5.90. The van der Waals surface area contributed by atoms with Gasteiger partial charge in [0.15, 0.2) is 0 Å². The molecule has 13 heteroatoms. The molecule has 1 aromatic carbocycles. The van der Waals surface area contributed by atoms with Gasteiger partial charge in [-0.3, -0.25) is 14.5 Å². The van der Waals surface area contributed by atoms with Crippen LogP contribution in [0.3, 0.4) is 0 Å². The molecule has 196 valence electrons. The van der Waals surface area contributed by atoms with Crippen LogP contribution in [0.25, 0.3) is 11.3 Å². The van der Waals surface area contributed by atoms with E-state index in [9.17, 15) is 18.8 Å². The maximum atomic E-state index is 13.3. The maximum absolute atomic E-state index is 13.3. The van der Waals surface area contributed by atoms with Gasteiger partial charge in [-0.15, -0.1) is 0 Å². The number of carbonyl (C=O) groups excluding carboxylic acids is 1. The second-order valence-corrected chi connectivity index (χ2v) is 7.94. The summed E-state index contributed by atoms with van der Waals surface area (Å²) < 4.78 is 20.3. The normalized spacial score (nSPS) is 10.6. The second kappa shape index (κ2) is 12.7. The summed E-state index contributed by atoms with van der Waals surface area (Å²) in [6, 6.07) is 12.0. The first kappa shape index (κ1) is 27.4. The van der Waals surface area contributed by atoms with Gasteiger partial charge < -0.3 is 19.6 Å². The van der Waals surface area contributed by atoms with Gasteiger partial charge >= 0.3 is 11.9 Å². The van der Waals surface area contributed by atoms with Gasteiger partial charge in [0.05, 0.1) is 5.69 Å². The lowest BCUT2D eigenvalue weighted by atomic mass is 10.1. The fourth-order valence-electron chi connectivity index (χ4n) is 3.09. The average molecular weight is 522 g/mol. The highest BCUT2D eigenvalue weighted by Crippen LogP contribution is 2.21. The SMILES string of the molecule is CN(C)C(=O)c1noc(Cn2nc(-c3ccncc3)cc2Cc2ccc(F)cc2)n1.O=C(O)/C=C\C(=O)O. The lowest BCUT2D eigenvalue weighted by Gasteiger charge is -2.05. The van der Waals surface area contributed by atoms with E-state index in [-0.39, 0.29) is 30.0 Å². The molecule has 0 fully saturated rings. The Labute approximate surface area is 215 Å². The average Bonchev–Trinajstić information content (AvgIpc) is 3.52. The van der Waals surface area contributed by atoms with Crippen LogP contribution in [0, 0.1) is 5.82 Å². The van der Waals surface area contributed by atoms with Crippen LogP contribution in [-0.2, 0) is 22.6 Å². The van der Waals surface area contributed by atoms with Crippen LogP contribution in [0.5, 0.6) is 0 Å². The van der Waals surface area contributed by atoms with E-state index in [1.807, 2.05) is 18.2 Å². The third-order valence-electron chi connectivity index (χ3n) is 4.86. The van der Waals surface area contributed by atoms with Gasteiger partial charge in [0.2, 0.25) is 5.89 Å². The van der Waals surface area contributed by atoms with Crippen molar-refractivity contribution in [1.29, 1.82) is 0 Å². The number of aromatic nitrogens is 5. The molecule has 0 aliphatic heterocycles. The lowest BCUT2D eigenvalue weighted by Crippen LogP contribution is -2.22. The van der Waals surface area contributed by atoms with E-state index in [1.165, 1.54) is 17.0 Å². The number of benzene rings is 1. The number of halogens is 1. The number of carboxylic acids is 2. The second-order valence-electron chi connectivity index (χ2n) is 7.94. The summed E-state index contributed by atoms with van der Waals surface area (Å²) in [6.45, 7) is 0.204. The highest BCUT2D eigenvalue weighted by Gasteiger charge is 2.18. The predicted molar refractivity (Wildman–Crippen MR) is 130 cm³/mol. The van der Waals surface area contributed by atoms with Crippen molar-refractivity contribution in [1.82, 2.24) is 29.8 Å². The molecule has 0 unspecified atom stereocenters. The summed E-state index contributed by atoms with van der Waals surface area (Å²) in [7, 11) is 3.24. The van der Waals surface area contributed by atoms with Crippen LogP contribution in [0.1, 0.15) is 27.8 Å². The quantitative estimate of drug-likeness (QED) is 0.329. The van der Waals surface area contributed by atoms with Crippen molar-refractivity contribution < 1.29 is 33.5 Å². The number of carboxylic acid groups (broad SMARTS) is 2. The van der Waals surface area contributed by atoms with Crippen LogP contribution < -0.4 is 0 Å². The molecule has 4 aromatic rings. The van der Waals surface area contributed by atoms with Crippen LogP contribution in [0.4, 0.5) is 4.39 Å². The molecule has 12 nitrogen and oxygen atoms in total. The molecule has 0 radical (unpaired) electrons. The van der Waals surface area contributed by atoms with Crippen molar-refractivity contribution in [2.45, 2.75) is 13.0 Å². The Morgan fingerprint density at radius 1 is 1.03 bits per heavy atom. The van der Waals surface area contributed by atoms with Gasteiger partial charge in [0.25, 0.3) is 11.7 Å². The van der Waals surface area contributed by atoms with E-state index in [0.717, 1.165) is 22.5 Å². The Morgan fingerprint density at radius 3 is 2.24 bits per heavy atom. The van der Waals surface area contributed by atoms with E-state index in [1.54, 1.807) is 43.3 Å². The first-order valence-electron chi connectivity index (χ1n) is 11.0. The molecule has 0 saturated carbocycles. The summed E-state index contributed by atoms with van der Waals surface area (Å²) in [6.07, 6.45) is 5.05. The van der Waals surface area contributed by atoms with Gasteiger partial charge in [-0.25, -0.2) is 14.0 Å². The summed E-state index contributed by atoms with van der Waals surface area (Å²) in [5.74, 6) is -2.87. The molecule has 0 saturated heterocycles. The Balaban J connectivity index is 0.000000436. The standard InChI is InChI=1S/C21H19FN6O2.C4H4O4/c1-27(2)21(29)20-24-19(30-26-20)13-28-17(11-14-3-5-16(22)6-4-14)12-18(25-28)15-7-9-23-10-8-15;5-3(6)1-2-4(7)8/h3-10,12H,11,13H2,1-2H3;1-2H,(H,5,6)(H,7,8)/b;2-1-. The predicted octanol–water partition coefficient (Wildman–Crippen LogP) is 2.52. The van der Waals surface area contributed by atoms with E-state index >= 15 is 0 Å². The Morgan fingerprint density at radius 2 is 1.66 bits per heavy atom. The van der Waals surface area contributed by atoms with Crippen LogP contribution in [0.15, 0.2) is 71.5 Å². The molecule has 0 aliphatic carbocycles. The van der Waals surface area contributed by atoms with Crippen molar-refractivity contribution in [3.63, 3.8) is 0 Å². The number of carbonyl (C=O) groups is 3. The minimum atomic E-state index is -1.26. The molecule has 0 spiro atoms. The summed E-state index contributed by atoms with van der Waals surface area (Å²) in [4.78, 5) is 40.7. The molecule has 4 rings (SSSR count). The van der Waals surface area contributed by atoms with Crippen molar-refractivity contribution in [3.8, 4) is 11.3 Å². The third kappa shape index (κ3) is 7.91. The van der Waals surface area contributed by atoms with Crippen LogP contribution >= 0.6 is 0 Å². The number of hydrogen-bond donors (Lipinski definition) is 2. The molecule has 3 heterocycles. The number of amides is 1. The number of pyridine rings is 1. The Hall–Kier alpha value is -5.20. The summed E-state index contributed by atoms with van der Waals surface area (Å²) >= 11 is 0. The Bertz CT molecular complexity index is 1410. The van der Waals surface area contributed by atoms with Crippen molar-refractivity contribution in [3.05, 3.63) is 95.8 Å². The molecule has 0 atom stereocenters. The van der Waals surface area contributed by atoms with E-state index in [0.29, 0.717) is 18.6 Å². The minimum absolute atomic E-state index is 0.00315. The zero-order valence-electron chi connectivity index (χ0n) is 20.4. The summed E-state index contributed by atoms with van der Waals surface area (Å²) in [5, 5.41) is 24.0. The number of nitrogens with zero attached hydrogens (tertiary/aromatic N) is 6. The lowest BCUT2D eigenvalue weighted by molar-refractivity contribution is -0.134. The zero-order chi connectivity index (χ0) is 27.7. The van der Waals surface area contributed by atoms with E-state index in [4.69, 9.17) is 14.7 Å². The van der Waals surface area contributed by atoms with Crippen molar-refractivity contribution in [2.75, 3.05) is 14.1 Å². The molecule has 3 aromatic heterocycles. The molecule has 38 heavy (non-hydrogen) atoms. The van der Waals surface area contributed by atoms with Crippen molar-refractivity contribution in [2.24, 2.45) is 0 Å². The topological polar surface area (TPSA) is 165 Å². The minimum Gasteiger partial charge on any atom is -0.478 e. The van der Waals surface area contributed by atoms with Gasteiger partial charge in [-0.05, 0) is 35.9 Å². The van der Waals surface area contributed by atoms with Crippen LogP contribution in [-0.4, -0.2) is 72.0 Å². The fraction of sp³-hybridized carbons (Fsp3) is 0.160. The van der Waals surface area contributed by atoms with Crippen LogP contribution in [0.2, 0.25) is 0 Å². The molecule has 0 bridgehead atoms. The van der Waals surface area contributed by atoms with Gasteiger partial charge in [0, 0.05) is 56.3 Å².